The number of carboxylic acid groups (broad SMARTS) is 1. The Morgan fingerprint density at radius 3 is 2.39 bits per heavy atom. The molecule has 0 aliphatic carbocycles. The maximum absolute atomic E-state index is 13.0. The number of aromatic carboxylic acids is 1. The molecule has 0 saturated carbocycles. The molecule has 6 nitrogen and oxygen atoms in total. The van der Waals surface area contributed by atoms with Crippen LogP contribution in [0.15, 0.2) is 54.6 Å². The second-order valence-electron chi connectivity index (χ2n) is 9.18. The molecule has 1 spiro atoms. The maximum atomic E-state index is 13.0. The SMILES string of the molecule is CC1(C)CCC2(CCN(C(=O)OCc3ccccc3)C(c3ccc(C(=O)O)cc3)C2)O1. The zero-order chi connectivity index (χ0) is 22.1. The van der Waals surface area contributed by atoms with E-state index in [9.17, 15) is 14.7 Å². The number of benzene rings is 2. The van der Waals surface area contributed by atoms with Crippen molar-refractivity contribution in [2.24, 2.45) is 0 Å². The van der Waals surface area contributed by atoms with E-state index in [1.807, 2.05) is 30.3 Å². The van der Waals surface area contributed by atoms with Crippen LogP contribution in [0.3, 0.4) is 0 Å². The minimum atomic E-state index is -0.966. The van der Waals surface area contributed by atoms with E-state index in [0.29, 0.717) is 13.0 Å². The summed E-state index contributed by atoms with van der Waals surface area (Å²) in [6, 6.07) is 16.2. The molecule has 164 valence electrons. The molecule has 1 N–H and O–H groups in total. The van der Waals surface area contributed by atoms with Crippen molar-refractivity contribution >= 4 is 12.1 Å². The lowest BCUT2D eigenvalue weighted by molar-refractivity contribution is -0.122. The number of amides is 1. The molecular formula is C25H29NO5. The topological polar surface area (TPSA) is 76.1 Å². The van der Waals surface area contributed by atoms with Crippen LogP contribution >= 0.6 is 0 Å². The molecule has 2 heterocycles. The van der Waals surface area contributed by atoms with Crippen molar-refractivity contribution in [1.82, 2.24) is 4.90 Å². The van der Waals surface area contributed by atoms with Gasteiger partial charge < -0.3 is 19.5 Å². The Labute approximate surface area is 182 Å². The number of carboxylic acids is 1. The van der Waals surface area contributed by atoms with Crippen molar-refractivity contribution in [3.05, 3.63) is 71.3 Å². The third-order valence-electron chi connectivity index (χ3n) is 6.41. The van der Waals surface area contributed by atoms with Gasteiger partial charge in [0.2, 0.25) is 0 Å². The number of hydrogen-bond acceptors (Lipinski definition) is 4. The van der Waals surface area contributed by atoms with E-state index in [2.05, 4.69) is 13.8 Å². The predicted octanol–water partition coefficient (Wildman–Crippen LogP) is 5.19. The van der Waals surface area contributed by atoms with Crippen molar-refractivity contribution in [3.63, 3.8) is 0 Å². The average Bonchev–Trinajstić information content (AvgIpc) is 3.06. The maximum Gasteiger partial charge on any atom is 0.410 e. The number of hydrogen-bond donors (Lipinski definition) is 1. The number of carbonyl (C=O) groups is 2. The van der Waals surface area contributed by atoms with Crippen LogP contribution < -0.4 is 0 Å². The molecule has 31 heavy (non-hydrogen) atoms. The number of nitrogens with zero attached hydrogens (tertiary/aromatic N) is 1. The van der Waals surface area contributed by atoms with Crippen molar-refractivity contribution in [1.29, 1.82) is 0 Å². The summed E-state index contributed by atoms with van der Waals surface area (Å²) in [5, 5.41) is 9.23. The lowest BCUT2D eigenvalue weighted by atomic mass is 9.81. The molecule has 4 rings (SSSR count). The van der Waals surface area contributed by atoms with Crippen LogP contribution in [0.1, 0.15) is 67.1 Å². The van der Waals surface area contributed by atoms with Crippen molar-refractivity contribution in [2.45, 2.75) is 63.4 Å². The summed E-state index contributed by atoms with van der Waals surface area (Å²) in [5.74, 6) is -0.966. The predicted molar refractivity (Wildman–Crippen MR) is 116 cm³/mol. The fraction of sp³-hybridized carbons (Fsp3) is 0.440. The van der Waals surface area contributed by atoms with Gasteiger partial charge in [-0.1, -0.05) is 42.5 Å². The second-order valence-corrected chi connectivity index (χ2v) is 9.18. The largest absolute Gasteiger partial charge is 0.478 e. The molecule has 2 aromatic rings. The fourth-order valence-electron chi connectivity index (χ4n) is 4.75. The molecule has 2 aromatic carbocycles. The molecule has 0 aromatic heterocycles. The van der Waals surface area contributed by atoms with Gasteiger partial charge in [0.05, 0.1) is 22.8 Å². The van der Waals surface area contributed by atoms with E-state index in [1.165, 1.54) is 0 Å². The summed E-state index contributed by atoms with van der Waals surface area (Å²) in [6.07, 6.45) is 3.01. The van der Waals surface area contributed by atoms with Gasteiger partial charge in [-0.05, 0) is 56.4 Å². The van der Waals surface area contributed by atoms with Gasteiger partial charge >= 0.3 is 12.1 Å². The van der Waals surface area contributed by atoms with E-state index >= 15 is 0 Å². The first-order valence-electron chi connectivity index (χ1n) is 10.8. The van der Waals surface area contributed by atoms with Crippen LogP contribution in [0, 0.1) is 0 Å². The summed E-state index contributed by atoms with van der Waals surface area (Å²) in [7, 11) is 0. The van der Waals surface area contributed by atoms with E-state index in [-0.39, 0.29) is 35.5 Å². The van der Waals surface area contributed by atoms with Gasteiger partial charge in [0, 0.05) is 13.0 Å². The first-order chi connectivity index (χ1) is 14.8. The van der Waals surface area contributed by atoms with Crippen LogP contribution in [0.25, 0.3) is 0 Å². The van der Waals surface area contributed by atoms with Gasteiger partial charge in [-0.2, -0.15) is 0 Å². The monoisotopic (exact) mass is 423 g/mol. The summed E-state index contributed by atoms with van der Waals surface area (Å²) in [4.78, 5) is 26.0. The van der Waals surface area contributed by atoms with E-state index in [0.717, 1.165) is 30.4 Å². The number of rotatable bonds is 4. The van der Waals surface area contributed by atoms with Gasteiger partial charge in [-0.25, -0.2) is 9.59 Å². The van der Waals surface area contributed by atoms with Gasteiger partial charge in [0.15, 0.2) is 0 Å². The summed E-state index contributed by atoms with van der Waals surface area (Å²) < 4.78 is 12.1. The van der Waals surface area contributed by atoms with Crippen LogP contribution in [-0.4, -0.2) is 39.8 Å². The average molecular weight is 424 g/mol. The number of likely N-dealkylation sites (tertiary alicyclic amines) is 1. The Balaban J connectivity index is 1.55. The highest BCUT2D eigenvalue weighted by Gasteiger charge is 2.50. The zero-order valence-corrected chi connectivity index (χ0v) is 18.0. The van der Waals surface area contributed by atoms with E-state index in [1.54, 1.807) is 29.2 Å². The smallest absolute Gasteiger partial charge is 0.410 e. The van der Waals surface area contributed by atoms with Gasteiger partial charge in [-0.15, -0.1) is 0 Å². The minimum Gasteiger partial charge on any atom is -0.478 e. The number of carbonyl (C=O) groups excluding carboxylic acids is 1. The first-order valence-corrected chi connectivity index (χ1v) is 10.8. The molecule has 2 unspecified atom stereocenters. The van der Waals surface area contributed by atoms with Crippen LogP contribution in [0.5, 0.6) is 0 Å². The Morgan fingerprint density at radius 2 is 1.77 bits per heavy atom. The molecule has 1 amide bonds. The summed E-state index contributed by atoms with van der Waals surface area (Å²) in [6.45, 7) is 4.97. The molecule has 0 bridgehead atoms. The highest BCUT2D eigenvalue weighted by molar-refractivity contribution is 5.87. The highest BCUT2D eigenvalue weighted by atomic mass is 16.6. The van der Waals surface area contributed by atoms with Crippen LogP contribution in [0.2, 0.25) is 0 Å². The quantitative estimate of drug-likeness (QED) is 0.733. The minimum absolute atomic E-state index is 0.173. The molecule has 2 aliphatic heterocycles. The fourth-order valence-corrected chi connectivity index (χ4v) is 4.75. The highest BCUT2D eigenvalue weighted by Crippen LogP contribution is 2.48. The van der Waals surface area contributed by atoms with Gasteiger partial charge in [0.1, 0.15) is 6.61 Å². The van der Waals surface area contributed by atoms with Crippen molar-refractivity contribution in [2.75, 3.05) is 6.54 Å². The second kappa shape index (κ2) is 8.35. The standard InChI is InChI=1S/C25H29NO5/c1-24(2)12-13-25(31-24)14-15-26(23(29)30-17-18-6-4-3-5-7-18)21(16-25)19-8-10-20(11-9-19)22(27)28/h3-11,21H,12-17H2,1-2H3,(H,27,28). The van der Waals surface area contributed by atoms with Crippen molar-refractivity contribution < 1.29 is 24.2 Å². The summed E-state index contributed by atoms with van der Waals surface area (Å²) >= 11 is 0. The number of ether oxygens (including phenoxy) is 2. The third kappa shape index (κ3) is 4.74. The lowest BCUT2D eigenvalue weighted by Gasteiger charge is -2.45. The first kappa shape index (κ1) is 21.4. The Hall–Kier alpha value is -2.86. The lowest BCUT2D eigenvalue weighted by Crippen LogP contribution is -2.49. The molecular weight excluding hydrogens is 394 g/mol. The molecule has 0 radical (unpaired) electrons. The normalized spacial score (nSPS) is 24.8. The molecule has 6 heteroatoms. The molecule has 2 aliphatic rings. The van der Waals surface area contributed by atoms with E-state index < -0.39 is 5.97 Å². The molecule has 2 atom stereocenters. The number of piperidine rings is 1. The third-order valence-corrected chi connectivity index (χ3v) is 6.41. The Kier molecular flexibility index (Phi) is 5.75. The zero-order valence-electron chi connectivity index (χ0n) is 18.0. The van der Waals surface area contributed by atoms with Crippen LogP contribution in [0.4, 0.5) is 4.79 Å². The van der Waals surface area contributed by atoms with E-state index in [4.69, 9.17) is 9.47 Å². The van der Waals surface area contributed by atoms with Crippen molar-refractivity contribution in [3.8, 4) is 0 Å². The Morgan fingerprint density at radius 1 is 1.06 bits per heavy atom. The van der Waals surface area contributed by atoms with Gasteiger partial charge in [0.25, 0.3) is 0 Å². The van der Waals surface area contributed by atoms with Crippen LogP contribution in [-0.2, 0) is 16.1 Å². The molecule has 2 saturated heterocycles. The molecule has 2 fully saturated rings. The Bertz CT molecular complexity index is 940. The summed E-state index contributed by atoms with van der Waals surface area (Å²) in [5.41, 5.74) is 1.62. The van der Waals surface area contributed by atoms with Gasteiger partial charge in [-0.3, -0.25) is 0 Å².